The highest BCUT2D eigenvalue weighted by molar-refractivity contribution is 5.95. The quantitative estimate of drug-likeness (QED) is 0.706. The number of nitrogens with one attached hydrogen (secondary N) is 1. The summed E-state index contributed by atoms with van der Waals surface area (Å²) in [6, 6.07) is 12.6. The minimum Gasteiger partial charge on any atom is -0.345 e. The topological polar surface area (TPSA) is 46.9 Å². The van der Waals surface area contributed by atoms with Crippen LogP contribution < -0.4 is 5.32 Å². The Bertz CT molecular complexity index is 938. The molecule has 2 aromatic carbocycles. The van der Waals surface area contributed by atoms with E-state index in [1.807, 2.05) is 37.3 Å². The average molecular weight is 369 g/mol. The number of halogens is 2. The lowest BCUT2D eigenvalue weighted by atomic mass is 10.1. The van der Waals surface area contributed by atoms with Crippen LogP contribution in [-0.4, -0.2) is 15.7 Å². The molecular formula is C21H21F2N3O. The molecule has 1 atom stereocenters. The zero-order valence-electron chi connectivity index (χ0n) is 15.2. The van der Waals surface area contributed by atoms with E-state index < -0.39 is 17.7 Å². The smallest absolute Gasteiger partial charge is 0.255 e. The van der Waals surface area contributed by atoms with Crippen LogP contribution in [0.1, 0.15) is 47.1 Å². The average Bonchev–Trinajstić information content (AvgIpc) is 3.05. The number of hydrogen-bond acceptors (Lipinski definition) is 2. The Labute approximate surface area is 156 Å². The molecule has 3 rings (SSSR count). The van der Waals surface area contributed by atoms with Crippen molar-refractivity contribution in [3.05, 3.63) is 88.7 Å². The summed E-state index contributed by atoms with van der Waals surface area (Å²) in [5.74, 6) is -1.66. The first-order valence-corrected chi connectivity index (χ1v) is 8.84. The number of nitrogens with zero attached hydrogens (tertiary/aromatic N) is 2. The molecule has 0 fully saturated rings. The largest absolute Gasteiger partial charge is 0.345 e. The summed E-state index contributed by atoms with van der Waals surface area (Å²) in [5.41, 5.74) is 2.59. The Balaban J connectivity index is 1.78. The minimum absolute atomic E-state index is 0.236. The van der Waals surface area contributed by atoms with Gasteiger partial charge < -0.3 is 5.32 Å². The summed E-state index contributed by atoms with van der Waals surface area (Å²) in [7, 11) is 0. The molecule has 27 heavy (non-hydrogen) atoms. The van der Waals surface area contributed by atoms with E-state index in [1.54, 1.807) is 11.6 Å². The molecule has 6 heteroatoms. The predicted octanol–water partition coefficient (Wildman–Crippen LogP) is 4.26. The van der Waals surface area contributed by atoms with Crippen molar-refractivity contribution in [3.63, 3.8) is 0 Å². The summed E-state index contributed by atoms with van der Waals surface area (Å²) in [4.78, 5) is 12.7. The monoisotopic (exact) mass is 369 g/mol. The third kappa shape index (κ3) is 4.22. The van der Waals surface area contributed by atoms with Gasteiger partial charge in [-0.25, -0.2) is 8.78 Å². The Morgan fingerprint density at radius 3 is 2.59 bits per heavy atom. The number of carbonyl (C=O) groups excluding carboxylic acids is 1. The van der Waals surface area contributed by atoms with Crippen LogP contribution in [-0.2, 0) is 13.0 Å². The molecule has 1 heterocycles. The predicted molar refractivity (Wildman–Crippen MR) is 99.4 cm³/mol. The summed E-state index contributed by atoms with van der Waals surface area (Å²) in [5, 5.41) is 7.11. The molecule has 0 radical (unpaired) electrons. The normalized spacial score (nSPS) is 12.0. The molecule has 1 amide bonds. The summed E-state index contributed by atoms with van der Waals surface area (Å²) in [6.07, 6.45) is 2.17. The highest BCUT2D eigenvalue weighted by Gasteiger charge is 2.20. The molecule has 1 aromatic heterocycles. The molecular weight excluding hydrogens is 348 g/mol. The van der Waals surface area contributed by atoms with E-state index in [0.29, 0.717) is 18.5 Å². The number of carbonyl (C=O) groups is 1. The van der Waals surface area contributed by atoms with E-state index in [4.69, 9.17) is 0 Å². The Morgan fingerprint density at radius 1 is 1.19 bits per heavy atom. The van der Waals surface area contributed by atoms with Gasteiger partial charge in [-0.3, -0.25) is 9.48 Å². The lowest BCUT2D eigenvalue weighted by Crippen LogP contribution is -2.28. The highest BCUT2D eigenvalue weighted by Crippen LogP contribution is 2.19. The molecule has 0 aliphatic carbocycles. The van der Waals surface area contributed by atoms with Gasteiger partial charge in [-0.15, -0.1) is 0 Å². The molecule has 3 aromatic rings. The molecule has 0 saturated heterocycles. The molecule has 0 aliphatic rings. The second-order valence-electron chi connectivity index (χ2n) is 6.36. The Hall–Kier alpha value is -3.02. The fraction of sp³-hybridized carbons (Fsp3) is 0.238. The standard InChI is InChI=1S/C21H21F2N3O/c1-3-20-18(12-24-26(20)13-15-7-5-4-6-8-15)21(27)25-14(2)17-10-9-16(22)11-19(17)23/h4-12,14H,3,13H2,1-2H3,(H,25,27). The molecule has 1 N–H and O–H groups in total. The second-order valence-corrected chi connectivity index (χ2v) is 6.36. The van der Waals surface area contributed by atoms with Crippen LogP contribution in [0.2, 0.25) is 0 Å². The zero-order chi connectivity index (χ0) is 19.4. The van der Waals surface area contributed by atoms with E-state index in [-0.39, 0.29) is 11.5 Å². The first kappa shape index (κ1) is 18.8. The lowest BCUT2D eigenvalue weighted by molar-refractivity contribution is 0.0938. The fourth-order valence-electron chi connectivity index (χ4n) is 3.07. The molecule has 0 saturated carbocycles. The van der Waals surface area contributed by atoms with Gasteiger partial charge >= 0.3 is 0 Å². The van der Waals surface area contributed by atoms with Crippen LogP contribution in [0.25, 0.3) is 0 Å². The van der Waals surface area contributed by atoms with Crippen LogP contribution >= 0.6 is 0 Å². The first-order valence-electron chi connectivity index (χ1n) is 8.84. The number of aromatic nitrogens is 2. The van der Waals surface area contributed by atoms with Gasteiger partial charge in [-0.05, 0) is 25.0 Å². The molecule has 0 bridgehead atoms. The van der Waals surface area contributed by atoms with Crippen LogP contribution in [0.5, 0.6) is 0 Å². The maximum Gasteiger partial charge on any atom is 0.255 e. The first-order chi connectivity index (χ1) is 13.0. The Morgan fingerprint density at radius 2 is 1.93 bits per heavy atom. The van der Waals surface area contributed by atoms with Crippen LogP contribution in [0.3, 0.4) is 0 Å². The number of benzene rings is 2. The molecule has 0 aliphatic heterocycles. The van der Waals surface area contributed by atoms with Gasteiger partial charge in [0.2, 0.25) is 0 Å². The van der Waals surface area contributed by atoms with Gasteiger partial charge in [-0.2, -0.15) is 5.10 Å². The fourth-order valence-corrected chi connectivity index (χ4v) is 3.07. The van der Waals surface area contributed by atoms with Crippen LogP contribution in [0.4, 0.5) is 8.78 Å². The van der Waals surface area contributed by atoms with Crippen molar-refractivity contribution in [3.8, 4) is 0 Å². The summed E-state index contributed by atoms with van der Waals surface area (Å²) < 4.78 is 28.8. The van der Waals surface area contributed by atoms with E-state index in [1.165, 1.54) is 18.3 Å². The van der Waals surface area contributed by atoms with E-state index in [2.05, 4.69) is 10.4 Å². The minimum atomic E-state index is -0.682. The number of rotatable bonds is 6. The highest BCUT2D eigenvalue weighted by atomic mass is 19.1. The van der Waals surface area contributed by atoms with Gasteiger partial charge in [0.1, 0.15) is 11.6 Å². The van der Waals surface area contributed by atoms with Crippen molar-refractivity contribution in [2.75, 3.05) is 0 Å². The van der Waals surface area contributed by atoms with Gasteiger partial charge in [0.15, 0.2) is 0 Å². The maximum absolute atomic E-state index is 13.9. The van der Waals surface area contributed by atoms with Crippen molar-refractivity contribution in [1.82, 2.24) is 15.1 Å². The number of hydrogen-bond donors (Lipinski definition) is 1. The maximum atomic E-state index is 13.9. The third-order valence-electron chi connectivity index (χ3n) is 4.48. The van der Waals surface area contributed by atoms with Crippen molar-refractivity contribution >= 4 is 5.91 Å². The van der Waals surface area contributed by atoms with Crippen molar-refractivity contribution in [1.29, 1.82) is 0 Å². The van der Waals surface area contributed by atoms with Crippen LogP contribution in [0, 0.1) is 11.6 Å². The molecule has 4 nitrogen and oxygen atoms in total. The van der Waals surface area contributed by atoms with Gasteiger partial charge in [0.25, 0.3) is 5.91 Å². The van der Waals surface area contributed by atoms with E-state index in [0.717, 1.165) is 17.3 Å². The van der Waals surface area contributed by atoms with Crippen molar-refractivity contribution < 1.29 is 13.6 Å². The van der Waals surface area contributed by atoms with E-state index in [9.17, 15) is 13.6 Å². The SMILES string of the molecule is CCc1c(C(=O)NC(C)c2ccc(F)cc2F)cnn1Cc1ccccc1. The van der Waals surface area contributed by atoms with Crippen molar-refractivity contribution in [2.45, 2.75) is 32.9 Å². The summed E-state index contributed by atoms with van der Waals surface area (Å²) in [6.45, 7) is 4.19. The molecule has 140 valence electrons. The van der Waals surface area contributed by atoms with Gasteiger partial charge in [0.05, 0.1) is 30.0 Å². The second kappa shape index (κ2) is 8.12. The molecule has 1 unspecified atom stereocenters. The lowest BCUT2D eigenvalue weighted by Gasteiger charge is -2.15. The Kier molecular flexibility index (Phi) is 5.64. The van der Waals surface area contributed by atoms with E-state index >= 15 is 0 Å². The third-order valence-corrected chi connectivity index (χ3v) is 4.48. The van der Waals surface area contributed by atoms with Gasteiger partial charge in [-0.1, -0.05) is 43.3 Å². The van der Waals surface area contributed by atoms with Gasteiger partial charge in [0, 0.05) is 11.6 Å². The van der Waals surface area contributed by atoms with Crippen LogP contribution in [0.15, 0.2) is 54.7 Å². The van der Waals surface area contributed by atoms with Crippen molar-refractivity contribution in [2.24, 2.45) is 0 Å². The summed E-state index contributed by atoms with van der Waals surface area (Å²) >= 11 is 0. The molecule has 0 spiro atoms. The number of amides is 1. The zero-order valence-corrected chi connectivity index (χ0v) is 15.2.